The molecule has 3 aromatic rings. The van der Waals surface area contributed by atoms with Crippen LogP contribution in [0.4, 0.5) is 0 Å². The van der Waals surface area contributed by atoms with E-state index in [1.54, 1.807) is 43.3 Å². The molecule has 168 valence electrons. The molecule has 1 aromatic heterocycles. The molecule has 2 N–H and O–H groups in total. The van der Waals surface area contributed by atoms with E-state index in [9.17, 15) is 14.4 Å². The Morgan fingerprint density at radius 2 is 1.72 bits per heavy atom. The first-order valence-electron chi connectivity index (χ1n) is 10.4. The van der Waals surface area contributed by atoms with E-state index in [1.165, 1.54) is 17.9 Å². The number of aryl methyl sites for hydroxylation is 1. The molecule has 0 radical (unpaired) electrons. The van der Waals surface area contributed by atoms with Crippen molar-refractivity contribution < 1.29 is 19.1 Å². The first-order chi connectivity index (χ1) is 15.5. The molecule has 0 unspecified atom stereocenters. The average molecular weight is 438 g/mol. The normalized spacial score (nSPS) is 10.6. The number of nitrogens with zero attached hydrogens (tertiary/aromatic N) is 2. The van der Waals surface area contributed by atoms with Gasteiger partial charge in [0.05, 0.1) is 19.1 Å². The number of unbranched alkanes of at least 4 members (excludes halogenated alkanes) is 1. The molecule has 0 saturated carbocycles. The number of carbonyl (C=O) groups excluding carboxylic acids is 2. The summed E-state index contributed by atoms with van der Waals surface area (Å²) in [4.78, 5) is 37.7. The summed E-state index contributed by atoms with van der Waals surface area (Å²) in [7, 11) is 1.49. The first kappa shape index (κ1) is 22.8. The van der Waals surface area contributed by atoms with Crippen LogP contribution in [-0.4, -0.2) is 35.3 Å². The van der Waals surface area contributed by atoms with Gasteiger partial charge in [0.15, 0.2) is 17.2 Å². The van der Waals surface area contributed by atoms with E-state index in [0.717, 1.165) is 12.8 Å². The van der Waals surface area contributed by atoms with Gasteiger partial charge in [-0.2, -0.15) is 5.10 Å². The minimum Gasteiger partial charge on any atom is -0.493 e. The number of carbonyl (C=O) groups is 2. The predicted molar refractivity (Wildman–Crippen MR) is 120 cm³/mol. The Hall–Kier alpha value is -3.88. The van der Waals surface area contributed by atoms with E-state index in [4.69, 9.17) is 9.47 Å². The largest absolute Gasteiger partial charge is 0.493 e. The minimum atomic E-state index is -0.636. The minimum absolute atomic E-state index is 0.0413. The lowest BCUT2D eigenvalue weighted by Crippen LogP contribution is -2.42. The number of nitrogens with one attached hydrogen (secondary N) is 2. The Kier molecular flexibility index (Phi) is 7.43. The summed E-state index contributed by atoms with van der Waals surface area (Å²) in [6.45, 7) is 4.69. The van der Waals surface area contributed by atoms with Crippen molar-refractivity contribution in [1.82, 2.24) is 20.6 Å². The van der Waals surface area contributed by atoms with Crippen LogP contribution >= 0.6 is 0 Å². The lowest BCUT2D eigenvalue weighted by molar-refractivity contribution is 0.0843. The zero-order valence-corrected chi connectivity index (χ0v) is 18.3. The highest BCUT2D eigenvalue weighted by atomic mass is 16.5. The smallest absolute Gasteiger partial charge is 0.290 e. The number of ether oxygens (including phenoxy) is 2. The highest BCUT2D eigenvalue weighted by Gasteiger charge is 2.18. The van der Waals surface area contributed by atoms with Crippen LogP contribution in [0.5, 0.6) is 11.5 Å². The molecule has 9 heteroatoms. The summed E-state index contributed by atoms with van der Waals surface area (Å²) in [5, 5.41) is 4.93. The average Bonchev–Trinajstić information content (AvgIpc) is 2.83. The molecule has 2 amide bonds. The molecule has 9 nitrogen and oxygen atoms in total. The topological polar surface area (TPSA) is 112 Å². The fourth-order valence-electron chi connectivity index (χ4n) is 3.12. The van der Waals surface area contributed by atoms with E-state index < -0.39 is 11.8 Å². The maximum absolute atomic E-state index is 12.7. The molecule has 0 saturated heterocycles. The van der Waals surface area contributed by atoms with Gasteiger partial charge >= 0.3 is 0 Å². The zero-order valence-electron chi connectivity index (χ0n) is 18.3. The Balaban J connectivity index is 1.76. The number of benzene rings is 2. The lowest BCUT2D eigenvalue weighted by atomic mass is 10.1. The van der Waals surface area contributed by atoms with Crippen LogP contribution in [0.3, 0.4) is 0 Å². The van der Waals surface area contributed by atoms with Gasteiger partial charge in [0.1, 0.15) is 0 Å². The zero-order chi connectivity index (χ0) is 23.1. The number of amides is 2. The number of aromatic nitrogens is 2. The third-order valence-corrected chi connectivity index (χ3v) is 4.85. The fraction of sp³-hybridized carbons (Fsp3) is 0.304. The molecule has 0 atom stereocenters. The van der Waals surface area contributed by atoms with Gasteiger partial charge < -0.3 is 9.47 Å². The van der Waals surface area contributed by atoms with Crippen LogP contribution in [-0.2, 0) is 6.54 Å². The summed E-state index contributed by atoms with van der Waals surface area (Å²) in [5.41, 5.74) is 4.78. The molecule has 0 spiro atoms. The van der Waals surface area contributed by atoms with E-state index >= 15 is 0 Å². The second kappa shape index (κ2) is 10.4. The Morgan fingerprint density at radius 3 is 2.41 bits per heavy atom. The highest BCUT2D eigenvalue weighted by molar-refractivity contribution is 6.06. The predicted octanol–water partition coefficient (Wildman–Crippen LogP) is 2.68. The summed E-state index contributed by atoms with van der Waals surface area (Å²) < 4.78 is 12.2. The van der Waals surface area contributed by atoms with Crippen LogP contribution in [0.2, 0.25) is 0 Å². The standard InChI is InChI=1S/C23H26N4O5/c1-4-6-13-32-18-12-11-15(14-19(18)31-3)21(28)24-25-22(29)20-16-9-7-8-10-17(16)23(30)27(5-2)26-20/h7-12,14H,4-6,13H2,1-3H3,(H,24,28)(H,25,29). The van der Waals surface area contributed by atoms with Gasteiger partial charge in [-0.1, -0.05) is 31.5 Å². The van der Waals surface area contributed by atoms with Crippen molar-refractivity contribution in [2.24, 2.45) is 0 Å². The van der Waals surface area contributed by atoms with Crippen molar-refractivity contribution in [3.63, 3.8) is 0 Å². The molecular formula is C23H26N4O5. The molecule has 0 aliphatic carbocycles. The fourth-order valence-corrected chi connectivity index (χ4v) is 3.12. The second-order valence-corrected chi connectivity index (χ2v) is 6.99. The van der Waals surface area contributed by atoms with Crippen molar-refractivity contribution >= 4 is 22.6 Å². The third-order valence-electron chi connectivity index (χ3n) is 4.85. The monoisotopic (exact) mass is 438 g/mol. The van der Waals surface area contributed by atoms with E-state index in [0.29, 0.717) is 35.4 Å². The molecular weight excluding hydrogens is 412 g/mol. The lowest BCUT2D eigenvalue weighted by Gasteiger charge is -2.13. The highest BCUT2D eigenvalue weighted by Crippen LogP contribution is 2.28. The number of hydrogen-bond donors (Lipinski definition) is 2. The van der Waals surface area contributed by atoms with Crippen molar-refractivity contribution in [3.8, 4) is 11.5 Å². The summed E-state index contributed by atoms with van der Waals surface area (Å²) in [6.07, 6.45) is 1.91. The quantitative estimate of drug-likeness (QED) is 0.413. The van der Waals surface area contributed by atoms with E-state index in [-0.39, 0.29) is 16.8 Å². The van der Waals surface area contributed by atoms with E-state index in [2.05, 4.69) is 22.9 Å². The summed E-state index contributed by atoms with van der Waals surface area (Å²) in [5.74, 6) is -0.213. The Labute approximate surface area is 185 Å². The van der Waals surface area contributed by atoms with Crippen LogP contribution in [0.25, 0.3) is 10.8 Å². The van der Waals surface area contributed by atoms with Gasteiger partial charge in [0.25, 0.3) is 17.4 Å². The van der Waals surface area contributed by atoms with Gasteiger partial charge in [-0.3, -0.25) is 25.2 Å². The van der Waals surface area contributed by atoms with Crippen molar-refractivity contribution in [1.29, 1.82) is 0 Å². The number of rotatable bonds is 8. The molecule has 0 aliphatic heterocycles. The Morgan fingerprint density at radius 1 is 1.00 bits per heavy atom. The molecule has 2 aromatic carbocycles. The van der Waals surface area contributed by atoms with Gasteiger partial charge in [-0.25, -0.2) is 4.68 Å². The molecule has 0 fully saturated rings. The molecule has 3 rings (SSSR count). The molecule has 1 heterocycles. The van der Waals surface area contributed by atoms with Crippen molar-refractivity contribution in [3.05, 3.63) is 64.1 Å². The summed E-state index contributed by atoms with van der Waals surface area (Å²) >= 11 is 0. The molecule has 0 bridgehead atoms. The van der Waals surface area contributed by atoms with Crippen LogP contribution in [0.15, 0.2) is 47.3 Å². The van der Waals surface area contributed by atoms with Crippen LogP contribution < -0.4 is 25.9 Å². The summed E-state index contributed by atoms with van der Waals surface area (Å²) in [6, 6.07) is 11.5. The third kappa shape index (κ3) is 4.88. The van der Waals surface area contributed by atoms with Crippen LogP contribution in [0, 0.1) is 0 Å². The van der Waals surface area contributed by atoms with Gasteiger partial charge in [0.2, 0.25) is 0 Å². The molecule has 0 aliphatic rings. The number of hydrogen-bond acceptors (Lipinski definition) is 6. The maximum atomic E-state index is 12.7. The second-order valence-electron chi connectivity index (χ2n) is 6.99. The van der Waals surface area contributed by atoms with Gasteiger partial charge in [-0.05, 0) is 37.6 Å². The van der Waals surface area contributed by atoms with E-state index in [1.807, 2.05) is 0 Å². The van der Waals surface area contributed by atoms with Gasteiger partial charge in [-0.15, -0.1) is 0 Å². The van der Waals surface area contributed by atoms with Crippen LogP contribution in [0.1, 0.15) is 47.5 Å². The Bertz CT molecular complexity index is 1190. The SMILES string of the molecule is CCCCOc1ccc(C(=O)NNC(=O)c2nn(CC)c(=O)c3ccccc23)cc1OC. The van der Waals surface area contributed by atoms with Gasteiger partial charge in [0, 0.05) is 17.5 Å². The maximum Gasteiger partial charge on any atom is 0.290 e. The number of methoxy groups -OCH3 is 1. The number of hydrazine groups is 1. The van der Waals surface area contributed by atoms with Crippen molar-refractivity contribution in [2.75, 3.05) is 13.7 Å². The first-order valence-corrected chi connectivity index (χ1v) is 10.4. The van der Waals surface area contributed by atoms with Crippen molar-refractivity contribution in [2.45, 2.75) is 33.2 Å². The number of fused-ring (bicyclic) bond motifs is 1. The molecule has 32 heavy (non-hydrogen) atoms.